The maximum atomic E-state index is 2.37. The predicted octanol–water partition coefficient (Wildman–Crippen LogP) is 0.617. The Kier molecular flexibility index (Phi) is 5.85. The second-order valence-corrected chi connectivity index (χ2v) is 11.0. The van der Waals surface area contributed by atoms with Gasteiger partial charge >= 0.3 is 172 Å². The fourth-order valence-electron chi connectivity index (χ4n) is 4.84. The third-order valence-electron chi connectivity index (χ3n) is 6.00. The summed E-state index contributed by atoms with van der Waals surface area (Å²) in [6.07, 6.45) is 0. The van der Waals surface area contributed by atoms with Crippen molar-refractivity contribution in [3.8, 4) is 22.3 Å². The molecule has 0 aliphatic heterocycles. The molecule has 0 spiro atoms. The van der Waals surface area contributed by atoms with Crippen LogP contribution < -0.4 is 24.8 Å². The Morgan fingerprint density at radius 2 is 0.621 bits per heavy atom. The molecule has 2 aliphatic carbocycles. The molecule has 0 radical (unpaired) electrons. The van der Waals surface area contributed by atoms with Gasteiger partial charge in [0.2, 0.25) is 0 Å². The van der Waals surface area contributed by atoms with Gasteiger partial charge in [-0.1, -0.05) is 0 Å². The summed E-state index contributed by atoms with van der Waals surface area (Å²) in [7, 11) is 0. The number of hydrogen-bond donors (Lipinski definition) is 0. The third kappa shape index (κ3) is 3.15. The average Bonchev–Trinajstić information content (AvgIpc) is 3.23. The molecule has 29 heavy (non-hydrogen) atoms. The Hall–Kier alpha value is -1.66. The number of benzene rings is 4. The van der Waals surface area contributed by atoms with Crippen LogP contribution in [0.5, 0.6) is 0 Å². The van der Waals surface area contributed by atoms with E-state index in [0.717, 1.165) is 0 Å². The maximum absolute atomic E-state index is 2.37. The molecule has 2 aliphatic rings. The van der Waals surface area contributed by atoms with Crippen molar-refractivity contribution in [2.75, 3.05) is 0 Å². The van der Waals surface area contributed by atoms with Crippen LogP contribution in [-0.2, 0) is 23.2 Å². The molecule has 0 N–H and O–H groups in total. The van der Waals surface area contributed by atoms with E-state index in [1.165, 1.54) is 22.3 Å². The molecule has 0 fully saturated rings. The normalized spacial score (nSPS) is 13.2. The molecule has 0 amide bonds. The summed E-state index contributed by atoms with van der Waals surface area (Å²) < 4.78 is 1.26. The quantitative estimate of drug-likeness (QED) is 0.385. The van der Waals surface area contributed by atoms with Gasteiger partial charge in [-0.2, -0.15) is 0 Å². The molecule has 4 aromatic carbocycles. The van der Waals surface area contributed by atoms with Crippen molar-refractivity contribution >= 4 is 0 Å². The summed E-state index contributed by atoms with van der Waals surface area (Å²) in [6, 6.07) is 36.3. The molecule has 0 unspecified atom stereocenters. The van der Waals surface area contributed by atoms with Crippen LogP contribution >= 0.6 is 0 Å². The van der Waals surface area contributed by atoms with Crippen LogP contribution in [0.2, 0.25) is 0 Å². The first kappa shape index (κ1) is 20.6. The van der Waals surface area contributed by atoms with Gasteiger partial charge in [0, 0.05) is 0 Å². The van der Waals surface area contributed by atoms with Gasteiger partial charge in [-0.05, 0) is 0 Å². The summed E-state index contributed by atoms with van der Waals surface area (Å²) >= 11 is -0.828. The van der Waals surface area contributed by atoms with E-state index in [1.807, 2.05) is 0 Å². The van der Waals surface area contributed by atoms with Crippen molar-refractivity contribution < 1.29 is 48.0 Å². The number of hydrogen-bond acceptors (Lipinski definition) is 0. The third-order valence-corrected chi connectivity index (χ3v) is 10.7. The Labute approximate surface area is 195 Å². The zero-order valence-electron chi connectivity index (χ0n) is 15.6. The van der Waals surface area contributed by atoms with E-state index in [4.69, 9.17) is 0 Å². The first-order valence-electron chi connectivity index (χ1n) is 9.54. The van der Waals surface area contributed by atoms with Crippen molar-refractivity contribution in [2.24, 2.45) is 0 Å². The van der Waals surface area contributed by atoms with Crippen LogP contribution in [0.25, 0.3) is 22.3 Å². The van der Waals surface area contributed by atoms with Crippen molar-refractivity contribution in [3.05, 3.63) is 119 Å². The molecule has 0 atom stereocenters. The van der Waals surface area contributed by atoms with Crippen LogP contribution in [0.4, 0.5) is 0 Å². The molecule has 0 nitrogen and oxygen atoms in total. The fraction of sp³-hybridized carbons (Fsp3) is 0.0769. The first-order chi connectivity index (χ1) is 13.4. The summed E-state index contributed by atoms with van der Waals surface area (Å²) in [4.78, 5) is 0. The standard InChI is InChI=1S/2C13H9.2ClH.Zr/c2*1-3-7-12-10(5-1)9-11-6-2-4-8-13(11)12;;;/h2*1-9H;2*1H;/q;;;;+2/p-2. The molecule has 0 aromatic heterocycles. The molecular formula is C26H18Cl2Zr. The van der Waals surface area contributed by atoms with Gasteiger partial charge in [0.15, 0.2) is 0 Å². The molecule has 0 heterocycles. The van der Waals surface area contributed by atoms with Crippen molar-refractivity contribution in [1.82, 2.24) is 0 Å². The SMILES string of the molecule is [Cl-].[Cl-].c1ccc2c(c1)-c1ccccc1[CH]2[Zr+2][CH]1c2ccccc2-c2ccccc21. The van der Waals surface area contributed by atoms with Crippen LogP contribution in [0.1, 0.15) is 29.5 Å². The zero-order chi connectivity index (χ0) is 17.8. The van der Waals surface area contributed by atoms with Crippen LogP contribution in [0.15, 0.2) is 97.1 Å². The predicted molar refractivity (Wildman–Crippen MR) is 107 cm³/mol. The zero-order valence-corrected chi connectivity index (χ0v) is 19.6. The number of fused-ring (bicyclic) bond motifs is 6. The van der Waals surface area contributed by atoms with Gasteiger partial charge in [0.1, 0.15) is 0 Å². The van der Waals surface area contributed by atoms with Gasteiger partial charge < -0.3 is 24.8 Å². The van der Waals surface area contributed by atoms with E-state index >= 15 is 0 Å². The summed E-state index contributed by atoms with van der Waals surface area (Å²) in [5.41, 5.74) is 12.1. The van der Waals surface area contributed by atoms with Gasteiger partial charge in [0.25, 0.3) is 0 Å². The van der Waals surface area contributed by atoms with Crippen LogP contribution in [0.3, 0.4) is 0 Å². The van der Waals surface area contributed by atoms with E-state index in [2.05, 4.69) is 97.1 Å². The van der Waals surface area contributed by atoms with Gasteiger partial charge in [-0.3, -0.25) is 0 Å². The molecule has 3 heteroatoms. The fourth-order valence-corrected chi connectivity index (χ4v) is 9.90. The van der Waals surface area contributed by atoms with E-state index < -0.39 is 23.2 Å². The number of rotatable bonds is 2. The molecule has 0 saturated carbocycles. The van der Waals surface area contributed by atoms with Crippen LogP contribution in [-0.4, -0.2) is 0 Å². The molecular weight excluding hydrogens is 474 g/mol. The summed E-state index contributed by atoms with van der Waals surface area (Å²) in [5.74, 6) is 0. The van der Waals surface area contributed by atoms with E-state index in [9.17, 15) is 0 Å². The molecule has 6 rings (SSSR count). The van der Waals surface area contributed by atoms with Crippen molar-refractivity contribution in [2.45, 2.75) is 7.25 Å². The van der Waals surface area contributed by atoms with Crippen molar-refractivity contribution in [3.63, 3.8) is 0 Å². The van der Waals surface area contributed by atoms with E-state index in [-0.39, 0.29) is 24.8 Å². The monoisotopic (exact) mass is 490 g/mol. The first-order valence-corrected chi connectivity index (χ1v) is 12.4. The average molecular weight is 493 g/mol. The van der Waals surface area contributed by atoms with Gasteiger partial charge in [-0.15, -0.1) is 0 Å². The Morgan fingerprint density at radius 1 is 0.379 bits per heavy atom. The Morgan fingerprint density at radius 3 is 0.897 bits per heavy atom. The summed E-state index contributed by atoms with van der Waals surface area (Å²) in [5, 5.41) is 0. The number of halogens is 2. The van der Waals surface area contributed by atoms with Gasteiger partial charge in [-0.25, -0.2) is 0 Å². The molecule has 0 saturated heterocycles. The second-order valence-electron chi connectivity index (χ2n) is 7.38. The Balaban J connectivity index is 0.00000102. The van der Waals surface area contributed by atoms with E-state index in [0.29, 0.717) is 7.25 Å². The van der Waals surface area contributed by atoms with Gasteiger partial charge in [0.05, 0.1) is 0 Å². The Bertz CT molecular complexity index is 1000. The van der Waals surface area contributed by atoms with Crippen LogP contribution in [0, 0.1) is 0 Å². The molecule has 4 aromatic rings. The minimum absolute atomic E-state index is 0. The topological polar surface area (TPSA) is 0 Å². The second kappa shape index (κ2) is 8.23. The minimum atomic E-state index is -0.828. The molecule has 140 valence electrons. The van der Waals surface area contributed by atoms with Crippen molar-refractivity contribution in [1.29, 1.82) is 0 Å². The summed E-state index contributed by atoms with van der Waals surface area (Å²) in [6.45, 7) is 0. The molecule has 0 bridgehead atoms. The van der Waals surface area contributed by atoms with E-state index in [1.54, 1.807) is 22.3 Å².